The fourth-order valence-electron chi connectivity index (χ4n) is 3.83. The number of methoxy groups -OCH3 is 2. The molecule has 0 heterocycles. The highest BCUT2D eigenvalue weighted by Gasteiger charge is 2.37. The van der Waals surface area contributed by atoms with Crippen LogP contribution < -0.4 is 20.5 Å². The van der Waals surface area contributed by atoms with Gasteiger partial charge >= 0.3 is 0 Å². The summed E-state index contributed by atoms with van der Waals surface area (Å²) in [6, 6.07) is 26.1. The maximum Gasteiger partial charge on any atom is 0.233 e. The van der Waals surface area contributed by atoms with Crippen molar-refractivity contribution < 1.29 is 19.0 Å². The van der Waals surface area contributed by atoms with Crippen LogP contribution in [0.5, 0.6) is 11.5 Å². The van der Waals surface area contributed by atoms with Crippen LogP contribution in [0, 0.1) is 0 Å². The first-order valence-electron chi connectivity index (χ1n) is 11.1. The number of nitrogens with two attached hydrogens (primary N) is 1. The standard InChI is InChI=1S/C27H32N2O4/c1-31-24-14-10-22(11-15-24)27(21-8-4-3-5-9-21,23-12-16-25(32-2)17-13-23)33-19-7-6-18-29-26(30)20-28/h3-5,8-17H,6-7,18-20,28H2,1-2H3,(H,29,30). The van der Waals surface area contributed by atoms with E-state index in [1.54, 1.807) is 14.2 Å². The molecule has 0 aromatic heterocycles. The Kier molecular flexibility index (Phi) is 8.87. The van der Waals surface area contributed by atoms with Gasteiger partial charge in [0.15, 0.2) is 0 Å². The van der Waals surface area contributed by atoms with Gasteiger partial charge in [0.1, 0.15) is 17.1 Å². The van der Waals surface area contributed by atoms with Gasteiger partial charge in [-0.05, 0) is 53.8 Å². The van der Waals surface area contributed by atoms with Gasteiger partial charge in [0.25, 0.3) is 0 Å². The Bertz CT molecular complexity index is 941. The summed E-state index contributed by atoms with van der Waals surface area (Å²) in [6.07, 6.45) is 1.58. The monoisotopic (exact) mass is 448 g/mol. The Morgan fingerprint density at radius 3 is 1.79 bits per heavy atom. The van der Waals surface area contributed by atoms with Crippen LogP contribution in [0.25, 0.3) is 0 Å². The van der Waals surface area contributed by atoms with Crippen LogP contribution in [0.2, 0.25) is 0 Å². The van der Waals surface area contributed by atoms with E-state index in [0.29, 0.717) is 13.2 Å². The number of carbonyl (C=O) groups is 1. The van der Waals surface area contributed by atoms with Crippen LogP contribution in [0.4, 0.5) is 0 Å². The van der Waals surface area contributed by atoms with Crippen molar-refractivity contribution in [2.24, 2.45) is 5.73 Å². The van der Waals surface area contributed by atoms with Crippen LogP contribution in [0.15, 0.2) is 78.9 Å². The summed E-state index contributed by atoms with van der Waals surface area (Å²) in [5.41, 5.74) is 7.55. The normalized spacial score (nSPS) is 11.1. The molecule has 6 nitrogen and oxygen atoms in total. The minimum atomic E-state index is -0.819. The quantitative estimate of drug-likeness (QED) is 0.325. The van der Waals surface area contributed by atoms with Crippen molar-refractivity contribution in [3.63, 3.8) is 0 Å². The molecule has 174 valence electrons. The molecule has 0 aliphatic heterocycles. The molecular formula is C27H32N2O4. The van der Waals surface area contributed by atoms with Gasteiger partial charge in [-0.3, -0.25) is 4.79 Å². The van der Waals surface area contributed by atoms with Gasteiger partial charge in [0, 0.05) is 13.2 Å². The van der Waals surface area contributed by atoms with E-state index in [0.717, 1.165) is 41.0 Å². The highest BCUT2D eigenvalue weighted by Crippen LogP contribution is 2.41. The average Bonchev–Trinajstić information content (AvgIpc) is 2.89. The molecule has 6 heteroatoms. The molecule has 0 aliphatic carbocycles. The summed E-state index contributed by atoms with van der Waals surface area (Å²) in [7, 11) is 3.31. The van der Waals surface area contributed by atoms with E-state index >= 15 is 0 Å². The molecule has 3 aromatic carbocycles. The van der Waals surface area contributed by atoms with Crippen LogP contribution >= 0.6 is 0 Å². The molecule has 3 rings (SSSR count). The number of benzene rings is 3. The Morgan fingerprint density at radius 2 is 1.30 bits per heavy atom. The molecule has 3 aromatic rings. The maximum absolute atomic E-state index is 11.4. The maximum atomic E-state index is 11.4. The summed E-state index contributed by atoms with van der Waals surface area (Å²) in [6.45, 7) is 1.08. The number of unbranched alkanes of at least 4 members (excludes halogenated alkanes) is 1. The smallest absolute Gasteiger partial charge is 0.233 e. The van der Waals surface area contributed by atoms with Crippen LogP contribution in [-0.2, 0) is 15.1 Å². The minimum absolute atomic E-state index is 0.00254. The van der Waals surface area contributed by atoms with Crippen LogP contribution in [-0.4, -0.2) is 39.8 Å². The van der Waals surface area contributed by atoms with Crippen LogP contribution in [0.3, 0.4) is 0 Å². The second kappa shape index (κ2) is 12.0. The van der Waals surface area contributed by atoms with Crippen molar-refractivity contribution in [1.82, 2.24) is 5.32 Å². The molecule has 0 saturated heterocycles. The molecule has 0 unspecified atom stereocenters. The zero-order valence-corrected chi connectivity index (χ0v) is 19.3. The molecular weight excluding hydrogens is 416 g/mol. The number of rotatable bonds is 12. The predicted molar refractivity (Wildman–Crippen MR) is 130 cm³/mol. The molecule has 3 N–H and O–H groups in total. The predicted octanol–water partition coefficient (Wildman–Crippen LogP) is 3.87. The fourth-order valence-corrected chi connectivity index (χ4v) is 3.83. The molecule has 0 saturated carbocycles. The second-order valence-corrected chi connectivity index (χ2v) is 7.61. The van der Waals surface area contributed by atoms with E-state index in [1.807, 2.05) is 66.7 Å². The summed E-state index contributed by atoms with van der Waals surface area (Å²) >= 11 is 0. The Morgan fingerprint density at radius 1 is 0.788 bits per heavy atom. The zero-order chi connectivity index (χ0) is 23.5. The second-order valence-electron chi connectivity index (χ2n) is 7.61. The number of carbonyl (C=O) groups excluding carboxylic acids is 1. The van der Waals surface area contributed by atoms with Gasteiger partial charge in [-0.25, -0.2) is 0 Å². The Balaban J connectivity index is 1.96. The zero-order valence-electron chi connectivity index (χ0n) is 19.3. The lowest BCUT2D eigenvalue weighted by Crippen LogP contribution is -2.34. The van der Waals surface area contributed by atoms with Gasteiger partial charge in [-0.2, -0.15) is 0 Å². The van der Waals surface area contributed by atoms with E-state index in [1.165, 1.54) is 0 Å². The molecule has 0 atom stereocenters. The van der Waals surface area contributed by atoms with E-state index in [2.05, 4.69) is 17.4 Å². The first-order chi connectivity index (χ1) is 16.1. The summed E-state index contributed by atoms with van der Waals surface area (Å²) in [4.78, 5) is 11.4. The highest BCUT2D eigenvalue weighted by molar-refractivity contribution is 5.77. The lowest BCUT2D eigenvalue weighted by atomic mass is 9.80. The van der Waals surface area contributed by atoms with Gasteiger partial charge in [-0.1, -0.05) is 54.6 Å². The summed E-state index contributed by atoms with van der Waals surface area (Å²) in [5, 5.41) is 2.80. The Labute approximate surface area is 195 Å². The SMILES string of the molecule is COc1ccc(C(OCCCCNC(=O)CN)(c2ccccc2)c2ccc(OC)cc2)cc1. The number of nitrogens with one attached hydrogen (secondary N) is 1. The van der Waals surface area contributed by atoms with Crippen molar-refractivity contribution in [1.29, 1.82) is 0 Å². The minimum Gasteiger partial charge on any atom is -0.497 e. The van der Waals surface area contributed by atoms with E-state index in [-0.39, 0.29) is 12.5 Å². The first-order valence-corrected chi connectivity index (χ1v) is 11.1. The topological polar surface area (TPSA) is 82.8 Å². The lowest BCUT2D eigenvalue weighted by molar-refractivity contribution is -0.119. The number of amides is 1. The highest BCUT2D eigenvalue weighted by atomic mass is 16.5. The van der Waals surface area contributed by atoms with Gasteiger partial charge in [0.2, 0.25) is 5.91 Å². The molecule has 0 spiro atoms. The fraction of sp³-hybridized carbons (Fsp3) is 0.296. The van der Waals surface area contributed by atoms with Crippen molar-refractivity contribution in [2.75, 3.05) is 33.9 Å². The molecule has 0 radical (unpaired) electrons. The summed E-state index contributed by atoms with van der Waals surface area (Å²) in [5.74, 6) is 1.42. The van der Waals surface area contributed by atoms with Gasteiger partial charge in [-0.15, -0.1) is 0 Å². The third-order valence-electron chi connectivity index (χ3n) is 5.57. The third kappa shape index (κ3) is 5.92. The molecule has 0 fully saturated rings. The van der Waals surface area contributed by atoms with Gasteiger partial charge < -0.3 is 25.3 Å². The Hall–Kier alpha value is -3.35. The molecule has 1 amide bonds. The lowest BCUT2D eigenvalue weighted by Gasteiger charge is -2.36. The van der Waals surface area contributed by atoms with Crippen molar-refractivity contribution in [3.05, 3.63) is 95.6 Å². The largest absolute Gasteiger partial charge is 0.497 e. The third-order valence-corrected chi connectivity index (χ3v) is 5.57. The number of hydrogen-bond donors (Lipinski definition) is 2. The summed E-state index contributed by atoms with van der Waals surface area (Å²) < 4.78 is 17.5. The van der Waals surface area contributed by atoms with Crippen molar-refractivity contribution in [2.45, 2.75) is 18.4 Å². The van der Waals surface area contributed by atoms with Crippen molar-refractivity contribution in [3.8, 4) is 11.5 Å². The van der Waals surface area contributed by atoms with Crippen molar-refractivity contribution >= 4 is 5.91 Å². The number of hydrogen-bond acceptors (Lipinski definition) is 5. The first kappa shape index (κ1) is 24.3. The van der Waals surface area contributed by atoms with Crippen LogP contribution in [0.1, 0.15) is 29.5 Å². The van der Waals surface area contributed by atoms with E-state index in [4.69, 9.17) is 19.9 Å². The average molecular weight is 449 g/mol. The van der Waals surface area contributed by atoms with E-state index < -0.39 is 5.60 Å². The molecule has 0 bridgehead atoms. The number of ether oxygens (including phenoxy) is 3. The van der Waals surface area contributed by atoms with Gasteiger partial charge in [0.05, 0.1) is 20.8 Å². The molecule has 0 aliphatic rings. The van der Waals surface area contributed by atoms with E-state index in [9.17, 15) is 4.79 Å². The molecule has 33 heavy (non-hydrogen) atoms.